The maximum absolute atomic E-state index is 12.0. The molecule has 0 aliphatic carbocycles. The summed E-state index contributed by atoms with van der Waals surface area (Å²) in [7, 11) is 0. The van der Waals surface area contributed by atoms with Gasteiger partial charge in [0.25, 0.3) is 5.91 Å². The molecule has 3 rings (SSSR count). The molecule has 2 amide bonds. The zero-order valence-electron chi connectivity index (χ0n) is 13.9. The smallest absolute Gasteiger partial charge is 0.251 e. The predicted molar refractivity (Wildman–Crippen MR) is 106 cm³/mol. The summed E-state index contributed by atoms with van der Waals surface area (Å²) in [5, 5.41) is 15.7. The van der Waals surface area contributed by atoms with Gasteiger partial charge in [-0.2, -0.15) is 0 Å². The summed E-state index contributed by atoms with van der Waals surface area (Å²) in [6.07, 6.45) is 0. The van der Waals surface area contributed by atoms with E-state index in [9.17, 15) is 9.59 Å². The van der Waals surface area contributed by atoms with Crippen LogP contribution in [0.3, 0.4) is 0 Å². The Balaban J connectivity index is 1.45. The molecule has 2 N–H and O–H groups in total. The summed E-state index contributed by atoms with van der Waals surface area (Å²) in [6, 6.07) is 11.3. The van der Waals surface area contributed by atoms with Gasteiger partial charge < -0.3 is 5.32 Å². The molecule has 3 aromatic rings. The Morgan fingerprint density at radius 2 is 2.08 bits per heavy atom. The van der Waals surface area contributed by atoms with Crippen molar-refractivity contribution in [1.82, 2.24) is 15.5 Å². The molecule has 0 saturated heterocycles. The summed E-state index contributed by atoms with van der Waals surface area (Å²) in [5.74, 6) is 0.206. The summed E-state index contributed by atoms with van der Waals surface area (Å²) in [4.78, 5) is 25.3. The van der Waals surface area contributed by atoms with Crippen LogP contribution in [0, 0.1) is 6.92 Å². The molecular weight excluding hydrogens is 388 g/mol. The van der Waals surface area contributed by atoms with Crippen LogP contribution in [0.1, 0.15) is 20.8 Å². The molecule has 134 valence electrons. The molecule has 0 unspecified atom stereocenters. The van der Waals surface area contributed by atoms with Gasteiger partial charge in [0.15, 0.2) is 4.34 Å². The van der Waals surface area contributed by atoms with E-state index in [-0.39, 0.29) is 18.4 Å². The number of thiophene rings is 1. The number of nitrogens with zero attached hydrogens (tertiary/aromatic N) is 2. The predicted octanol–water partition coefficient (Wildman–Crippen LogP) is 3.57. The molecule has 0 saturated carbocycles. The lowest BCUT2D eigenvalue weighted by Crippen LogP contribution is -2.32. The molecule has 0 atom stereocenters. The van der Waals surface area contributed by atoms with Crippen LogP contribution in [0.5, 0.6) is 0 Å². The van der Waals surface area contributed by atoms with E-state index in [1.807, 2.05) is 24.4 Å². The zero-order chi connectivity index (χ0) is 18.4. The van der Waals surface area contributed by atoms with E-state index in [1.165, 1.54) is 16.2 Å². The molecule has 26 heavy (non-hydrogen) atoms. The van der Waals surface area contributed by atoms with Crippen LogP contribution in [0.2, 0.25) is 0 Å². The standard InChI is InChI=1S/C17H16N4O2S3/c1-11-4-2-5-12(8-11)15(23)18-9-14(22)19-16-20-21-17(26-16)25-10-13-6-3-7-24-13/h2-8H,9-10H2,1H3,(H,18,23)(H,19,20,22). The fourth-order valence-electron chi connectivity index (χ4n) is 2.06. The average Bonchev–Trinajstić information content (AvgIpc) is 3.29. The quantitative estimate of drug-likeness (QED) is 0.465. The molecule has 2 heterocycles. The minimum absolute atomic E-state index is 0.121. The van der Waals surface area contributed by atoms with Gasteiger partial charge in [-0.25, -0.2) is 0 Å². The Bertz CT molecular complexity index is 893. The second-order valence-corrected chi connectivity index (χ2v) is 8.57. The number of carbonyl (C=O) groups excluding carboxylic acids is 2. The molecule has 0 radical (unpaired) electrons. The van der Waals surface area contributed by atoms with Crippen molar-refractivity contribution in [2.45, 2.75) is 17.0 Å². The molecular formula is C17H16N4O2S3. The fourth-order valence-corrected chi connectivity index (χ4v) is 4.60. The molecule has 0 aliphatic heterocycles. The van der Waals surface area contributed by atoms with E-state index in [0.717, 1.165) is 15.7 Å². The number of carbonyl (C=O) groups is 2. The van der Waals surface area contributed by atoms with Gasteiger partial charge in [0.1, 0.15) is 0 Å². The van der Waals surface area contributed by atoms with Crippen molar-refractivity contribution >= 4 is 51.4 Å². The van der Waals surface area contributed by atoms with E-state index in [2.05, 4.69) is 26.9 Å². The van der Waals surface area contributed by atoms with Crippen molar-refractivity contribution in [3.8, 4) is 0 Å². The highest BCUT2D eigenvalue weighted by Gasteiger charge is 2.11. The van der Waals surface area contributed by atoms with E-state index >= 15 is 0 Å². The number of aromatic nitrogens is 2. The molecule has 2 aromatic heterocycles. The Labute approximate surface area is 163 Å². The molecule has 9 heteroatoms. The number of thioether (sulfide) groups is 1. The third-order valence-electron chi connectivity index (χ3n) is 3.26. The van der Waals surface area contributed by atoms with Crippen LogP contribution in [-0.2, 0) is 10.5 Å². The molecule has 0 spiro atoms. The van der Waals surface area contributed by atoms with Crippen LogP contribution in [0.15, 0.2) is 46.1 Å². The minimum atomic E-state index is -0.336. The molecule has 1 aromatic carbocycles. The highest BCUT2D eigenvalue weighted by molar-refractivity contribution is 8.00. The van der Waals surface area contributed by atoms with Gasteiger partial charge in [0.2, 0.25) is 11.0 Å². The van der Waals surface area contributed by atoms with Crippen LogP contribution in [0.25, 0.3) is 0 Å². The summed E-state index contributed by atoms with van der Waals surface area (Å²) in [6.45, 7) is 1.79. The number of amides is 2. The first kappa shape index (κ1) is 18.6. The third kappa shape index (κ3) is 5.38. The third-order valence-corrected chi connectivity index (χ3v) is 6.34. The summed E-state index contributed by atoms with van der Waals surface area (Å²) < 4.78 is 0.789. The zero-order valence-corrected chi connectivity index (χ0v) is 16.3. The largest absolute Gasteiger partial charge is 0.343 e. The Morgan fingerprint density at radius 3 is 2.85 bits per heavy atom. The Hall–Kier alpha value is -2.23. The molecule has 6 nitrogen and oxygen atoms in total. The lowest BCUT2D eigenvalue weighted by atomic mass is 10.1. The normalized spacial score (nSPS) is 10.5. The summed E-state index contributed by atoms with van der Waals surface area (Å²) in [5.41, 5.74) is 1.52. The van der Waals surface area contributed by atoms with Crippen molar-refractivity contribution in [2.24, 2.45) is 0 Å². The van der Waals surface area contributed by atoms with E-state index < -0.39 is 0 Å². The summed E-state index contributed by atoms with van der Waals surface area (Å²) >= 11 is 4.59. The first-order chi connectivity index (χ1) is 12.6. The SMILES string of the molecule is Cc1cccc(C(=O)NCC(=O)Nc2nnc(SCc3cccs3)s2)c1. The number of nitrogens with one attached hydrogen (secondary N) is 2. The van der Waals surface area contributed by atoms with E-state index in [0.29, 0.717) is 10.7 Å². The maximum Gasteiger partial charge on any atom is 0.251 e. The molecule has 0 bridgehead atoms. The lowest BCUT2D eigenvalue weighted by molar-refractivity contribution is -0.115. The lowest BCUT2D eigenvalue weighted by Gasteiger charge is -2.05. The fraction of sp³-hybridized carbons (Fsp3) is 0.176. The maximum atomic E-state index is 12.0. The highest BCUT2D eigenvalue weighted by atomic mass is 32.2. The second kappa shape index (κ2) is 8.93. The van der Waals surface area contributed by atoms with Gasteiger partial charge in [-0.1, -0.05) is 46.9 Å². The van der Waals surface area contributed by atoms with Gasteiger partial charge in [-0.05, 0) is 30.5 Å². The molecule has 0 aliphatic rings. The van der Waals surface area contributed by atoms with Crippen LogP contribution >= 0.6 is 34.4 Å². The van der Waals surface area contributed by atoms with Crippen LogP contribution in [-0.4, -0.2) is 28.6 Å². The number of benzene rings is 1. The van der Waals surface area contributed by atoms with Crippen LogP contribution < -0.4 is 10.6 Å². The monoisotopic (exact) mass is 404 g/mol. The number of rotatable bonds is 7. The van der Waals surface area contributed by atoms with Crippen LogP contribution in [0.4, 0.5) is 5.13 Å². The van der Waals surface area contributed by atoms with E-state index in [1.54, 1.807) is 41.3 Å². The first-order valence-corrected chi connectivity index (χ1v) is 10.4. The first-order valence-electron chi connectivity index (χ1n) is 7.73. The van der Waals surface area contributed by atoms with Gasteiger partial charge in [-0.15, -0.1) is 21.5 Å². The topological polar surface area (TPSA) is 84.0 Å². The van der Waals surface area contributed by atoms with Crippen molar-refractivity contribution < 1.29 is 9.59 Å². The van der Waals surface area contributed by atoms with Gasteiger partial charge >= 0.3 is 0 Å². The highest BCUT2D eigenvalue weighted by Crippen LogP contribution is 2.29. The average molecular weight is 405 g/mol. The number of hydrogen-bond acceptors (Lipinski definition) is 7. The van der Waals surface area contributed by atoms with Crippen molar-refractivity contribution in [3.63, 3.8) is 0 Å². The minimum Gasteiger partial charge on any atom is -0.343 e. The number of aryl methyl sites for hydroxylation is 1. The van der Waals surface area contributed by atoms with Gasteiger partial charge in [0.05, 0.1) is 6.54 Å². The number of hydrogen-bond donors (Lipinski definition) is 2. The van der Waals surface area contributed by atoms with Crippen molar-refractivity contribution in [1.29, 1.82) is 0 Å². The van der Waals surface area contributed by atoms with Crippen molar-refractivity contribution in [3.05, 3.63) is 57.8 Å². The van der Waals surface area contributed by atoms with Crippen molar-refractivity contribution in [2.75, 3.05) is 11.9 Å². The Kier molecular flexibility index (Phi) is 6.37. The van der Waals surface area contributed by atoms with E-state index in [4.69, 9.17) is 0 Å². The second-order valence-electron chi connectivity index (χ2n) is 5.34. The van der Waals surface area contributed by atoms with Gasteiger partial charge in [0, 0.05) is 16.2 Å². The number of anilines is 1. The Morgan fingerprint density at radius 1 is 1.19 bits per heavy atom. The molecule has 0 fully saturated rings. The van der Waals surface area contributed by atoms with Gasteiger partial charge in [-0.3, -0.25) is 14.9 Å².